The summed E-state index contributed by atoms with van der Waals surface area (Å²) in [6.45, 7) is 2.53. The molecule has 2 saturated heterocycles. The lowest BCUT2D eigenvalue weighted by Gasteiger charge is -2.32. The monoisotopic (exact) mass is 643 g/mol. The minimum absolute atomic E-state index is 0.133. The lowest BCUT2D eigenvalue weighted by Crippen LogP contribution is -2.34. The summed E-state index contributed by atoms with van der Waals surface area (Å²) in [6.07, 6.45) is 7.04. The Morgan fingerprint density at radius 3 is 2.48 bits per heavy atom. The van der Waals surface area contributed by atoms with Gasteiger partial charge in [0, 0.05) is 23.5 Å². The Balaban J connectivity index is 1.12. The SMILES string of the molecule is CCCC1=C2[C@@H](CC/C(=C/c3ccc(O)c(F)c3)c3ccccn3)OC[C@@H]2[C@@H]2C(=O)N(c3ccc(Nc4ccccc4)cc3)C(=O)[C@@H]2C1. The number of para-hydroxylation sites is 1. The van der Waals surface area contributed by atoms with E-state index in [2.05, 4.69) is 17.2 Å². The quantitative estimate of drug-likeness (QED) is 0.133. The predicted octanol–water partition coefficient (Wildman–Crippen LogP) is 8.31. The molecule has 7 rings (SSSR count). The number of pyridine rings is 1. The van der Waals surface area contributed by atoms with Gasteiger partial charge in [-0.25, -0.2) is 4.39 Å². The predicted molar refractivity (Wildman–Crippen MR) is 185 cm³/mol. The first-order valence-electron chi connectivity index (χ1n) is 16.6. The van der Waals surface area contributed by atoms with Gasteiger partial charge in [0.1, 0.15) is 0 Å². The number of aromatic nitrogens is 1. The molecule has 2 aliphatic heterocycles. The van der Waals surface area contributed by atoms with Crippen LogP contribution >= 0.6 is 0 Å². The lowest BCUT2D eigenvalue weighted by molar-refractivity contribution is -0.122. The number of imide groups is 1. The van der Waals surface area contributed by atoms with Gasteiger partial charge in [0.05, 0.1) is 35.9 Å². The van der Waals surface area contributed by atoms with Crippen molar-refractivity contribution in [1.82, 2.24) is 4.98 Å². The highest BCUT2D eigenvalue weighted by molar-refractivity contribution is 6.22. The number of halogens is 1. The van der Waals surface area contributed by atoms with Crippen LogP contribution in [0.15, 0.2) is 108 Å². The van der Waals surface area contributed by atoms with E-state index in [0.29, 0.717) is 37.1 Å². The van der Waals surface area contributed by atoms with Gasteiger partial charge in [0.25, 0.3) is 0 Å². The molecule has 4 atom stereocenters. The Morgan fingerprint density at radius 2 is 1.75 bits per heavy atom. The largest absolute Gasteiger partial charge is 0.505 e. The van der Waals surface area contributed by atoms with Gasteiger partial charge >= 0.3 is 0 Å². The fourth-order valence-corrected chi connectivity index (χ4v) is 7.58. The van der Waals surface area contributed by atoms with Gasteiger partial charge in [-0.3, -0.25) is 19.5 Å². The van der Waals surface area contributed by atoms with Gasteiger partial charge in [-0.1, -0.05) is 49.2 Å². The van der Waals surface area contributed by atoms with Crippen LogP contribution in [0.3, 0.4) is 0 Å². The van der Waals surface area contributed by atoms with E-state index in [-0.39, 0.29) is 23.8 Å². The van der Waals surface area contributed by atoms with Crippen molar-refractivity contribution in [3.05, 3.63) is 125 Å². The van der Waals surface area contributed by atoms with Crippen LogP contribution in [0.5, 0.6) is 5.75 Å². The first-order chi connectivity index (χ1) is 23.4. The molecule has 2 amide bonds. The number of ether oxygens (including phenoxy) is 1. The summed E-state index contributed by atoms with van der Waals surface area (Å²) in [5.74, 6) is -2.35. The maximum absolute atomic E-state index is 14.2. The van der Waals surface area contributed by atoms with Crippen molar-refractivity contribution in [2.75, 3.05) is 16.8 Å². The van der Waals surface area contributed by atoms with Crippen LogP contribution in [0, 0.1) is 23.6 Å². The average molecular weight is 644 g/mol. The molecule has 2 N–H and O–H groups in total. The van der Waals surface area contributed by atoms with Crippen LogP contribution in [0.1, 0.15) is 50.3 Å². The summed E-state index contributed by atoms with van der Waals surface area (Å²) in [5.41, 5.74) is 7.16. The third-order valence-corrected chi connectivity index (χ3v) is 9.73. The minimum atomic E-state index is -0.679. The normalized spacial score (nSPS) is 22.2. The molecule has 0 bridgehead atoms. The van der Waals surface area contributed by atoms with Crippen molar-refractivity contribution in [2.45, 2.75) is 45.1 Å². The first kappa shape index (κ1) is 31.5. The number of carbonyl (C=O) groups excluding carboxylic acids is 2. The molecule has 8 heteroatoms. The van der Waals surface area contributed by atoms with Crippen LogP contribution in [0.2, 0.25) is 0 Å². The maximum Gasteiger partial charge on any atom is 0.238 e. The summed E-state index contributed by atoms with van der Waals surface area (Å²) < 4.78 is 20.7. The number of benzene rings is 3. The fraction of sp³-hybridized carbons (Fsp3) is 0.275. The lowest BCUT2D eigenvalue weighted by atomic mass is 9.68. The van der Waals surface area contributed by atoms with Crippen molar-refractivity contribution >= 4 is 40.5 Å². The molecule has 0 unspecified atom stereocenters. The Hall–Kier alpha value is -5.08. The van der Waals surface area contributed by atoms with E-state index in [4.69, 9.17) is 4.74 Å². The standard InChI is InChI=1S/C40H38FN3O4/c1-2-8-27-23-31-38(40(47)44(39(31)46)30-16-14-29(15-17-30)43-28-9-4-3-5-10-28)32-24-48-36(37(27)32)19-13-26(34-11-6-7-20-42-34)21-25-12-18-35(45)33(41)22-25/h3-7,9-12,14-18,20-22,31-32,36,38,43,45H,2,8,13,19,23-24H2,1H3/b26-21-/t31-,32+,36-,38-/m1/s1. The molecule has 1 aromatic heterocycles. The third kappa shape index (κ3) is 6.16. The van der Waals surface area contributed by atoms with E-state index in [9.17, 15) is 19.1 Å². The molecule has 0 saturated carbocycles. The van der Waals surface area contributed by atoms with E-state index in [1.54, 1.807) is 12.3 Å². The zero-order valence-corrected chi connectivity index (χ0v) is 26.8. The smallest absolute Gasteiger partial charge is 0.238 e. The minimum Gasteiger partial charge on any atom is -0.505 e. The van der Waals surface area contributed by atoms with Crippen LogP contribution in [-0.2, 0) is 14.3 Å². The highest BCUT2D eigenvalue weighted by Crippen LogP contribution is 2.51. The number of hydrogen-bond donors (Lipinski definition) is 2. The molecule has 2 fully saturated rings. The molecule has 3 aromatic carbocycles. The van der Waals surface area contributed by atoms with E-state index in [0.717, 1.165) is 35.5 Å². The number of phenolic OH excluding ortho intramolecular Hbond substituents is 1. The van der Waals surface area contributed by atoms with Gasteiger partial charge in [0.15, 0.2) is 11.6 Å². The molecular weight excluding hydrogens is 605 g/mol. The number of amides is 2. The van der Waals surface area contributed by atoms with Gasteiger partial charge in [-0.05, 0) is 109 Å². The van der Waals surface area contributed by atoms with Crippen molar-refractivity contribution in [3.63, 3.8) is 0 Å². The molecule has 48 heavy (non-hydrogen) atoms. The second kappa shape index (κ2) is 13.6. The summed E-state index contributed by atoms with van der Waals surface area (Å²) >= 11 is 0. The zero-order valence-electron chi connectivity index (χ0n) is 26.8. The van der Waals surface area contributed by atoms with Gasteiger partial charge in [-0.15, -0.1) is 0 Å². The average Bonchev–Trinajstić information content (AvgIpc) is 3.64. The van der Waals surface area contributed by atoms with Crippen molar-refractivity contribution in [1.29, 1.82) is 0 Å². The Morgan fingerprint density at radius 1 is 0.979 bits per heavy atom. The third-order valence-electron chi connectivity index (χ3n) is 9.73. The number of anilines is 3. The van der Waals surface area contributed by atoms with E-state index < -0.39 is 23.4 Å². The van der Waals surface area contributed by atoms with Crippen LogP contribution in [0.4, 0.5) is 21.5 Å². The summed E-state index contributed by atoms with van der Waals surface area (Å²) in [4.78, 5) is 33.9. The molecular formula is C40H38FN3O4. The second-order valence-electron chi connectivity index (χ2n) is 12.8. The molecule has 7 nitrogen and oxygen atoms in total. The highest BCUT2D eigenvalue weighted by atomic mass is 19.1. The number of allylic oxidation sites excluding steroid dienone is 2. The summed E-state index contributed by atoms with van der Waals surface area (Å²) in [5, 5.41) is 13.0. The van der Waals surface area contributed by atoms with Crippen LogP contribution in [-0.4, -0.2) is 34.6 Å². The summed E-state index contributed by atoms with van der Waals surface area (Å²) in [6, 6.07) is 27.3. The van der Waals surface area contributed by atoms with E-state index in [1.807, 2.05) is 78.9 Å². The van der Waals surface area contributed by atoms with Crippen molar-refractivity contribution in [2.24, 2.45) is 17.8 Å². The number of carbonyl (C=O) groups is 2. The van der Waals surface area contributed by atoms with Gasteiger partial charge in [0.2, 0.25) is 11.8 Å². The first-order valence-corrected chi connectivity index (χ1v) is 16.6. The number of aromatic hydroxyl groups is 1. The molecule has 4 aromatic rings. The number of nitrogens with zero attached hydrogens (tertiary/aromatic N) is 2. The fourth-order valence-electron chi connectivity index (χ4n) is 7.58. The number of fused-ring (bicyclic) bond motifs is 3. The number of hydrogen-bond acceptors (Lipinski definition) is 6. The number of rotatable bonds is 10. The Kier molecular flexibility index (Phi) is 8.91. The van der Waals surface area contributed by atoms with Crippen LogP contribution in [0.25, 0.3) is 11.6 Å². The molecule has 244 valence electrons. The van der Waals surface area contributed by atoms with Crippen LogP contribution < -0.4 is 10.2 Å². The topological polar surface area (TPSA) is 91.8 Å². The molecule has 1 aliphatic carbocycles. The summed E-state index contributed by atoms with van der Waals surface area (Å²) in [7, 11) is 0. The van der Waals surface area contributed by atoms with E-state index in [1.165, 1.54) is 28.2 Å². The zero-order chi connectivity index (χ0) is 33.2. The molecule has 3 aliphatic rings. The van der Waals surface area contributed by atoms with Crippen molar-refractivity contribution in [3.8, 4) is 5.75 Å². The van der Waals surface area contributed by atoms with Gasteiger partial charge in [-0.2, -0.15) is 0 Å². The Labute approximate surface area is 279 Å². The van der Waals surface area contributed by atoms with Gasteiger partial charge < -0.3 is 15.2 Å². The highest BCUT2D eigenvalue weighted by Gasteiger charge is 2.57. The Bertz CT molecular complexity index is 1870. The number of phenols is 1. The second-order valence-corrected chi connectivity index (χ2v) is 12.8. The number of nitrogens with one attached hydrogen (secondary N) is 1. The maximum atomic E-state index is 14.2. The molecule has 0 spiro atoms. The van der Waals surface area contributed by atoms with E-state index >= 15 is 0 Å². The van der Waals surface area contributed by atoms with Crippen molar-refractivity contribution < 1.29 is 23.8 Å². The molecule has 0 radical (unpaired) electrons. The molecule has 3 heterocycles.